The van der Waals surface area contributed by atoms with Crippen LogP contribution in [-0.4, -0.2) is 28.2 Å². The van der Waals surface area contributed by atoms with Crippen LogP contribution in [0.25, 0.3) is 0 Å². The van der Waals surface area contributed by atoms with E-state index >= 15 is 0 Å². The number of hydrogen-bond acceptors (Lipinski definition) is 5. The van der Waals surface area contributed by atoms with E-state index < -0.39 is 0 Å². The first kappa shape index (κ1) is 20.8. The number of benzene rings is 2. The summed E-state index contributed by atoms with van der Waals surface area (Å²) in [5.41, 5.74) is 3.41. The van der Waals surface area contributed by atoms with Crippen LogP contribution in [0.15, 0.2) is 47.6 Å². The molecular weight excluding hydrogens is 384 g/mol. The molecule has 0 atom stereocenters. The van der Waals surface area contributed by atoms with Crippen LogP contribution in [-0.2, 0) is 12.0 Å². The number of aromatic nitrogens is 3. The van der Waals surface area contributed by atoms with Crippen molar-refractivity contribution in [2.24, 2.45) is 5.10 Å². The molecule has 0 spiro atoms. The van der Waals surface area contributed by atoms with Crippen molar-refractivity contribution in [1.82, 2.24) is 14.9 Å². The molecule has 0 radical (unpaired) electrons. The van der Waals surface area contributed by atoms with E-state index in [-0.39, 0.29) is 5.41 Å². The van der Waals surface area contributed by atoms with Crippen molar-refractivity contribution < 1.29 is 9.47 Å². The zero-order valence-corrected chi connectivity index (χ0v) is 18.2. The Morgan fingerprint density at radius 1 is 1.14 bits per heavy atom. The Bertz CT molecular complexity index is 1060. The minimum Gasteiger partial charge on any atom is -0.493 e. The van der Waals surface area contributed by atoms with Gasteiger partial charge in [0.1, 0.15) is 12.4 Å². The average Bonchev–Trinajstić information content (AvgIpc) is 3.02. The van der Waals surface area contributed by atoms with Crippen LogP contribution in [0.1, 0.15) is 43.3 Å². The summed E-state index contributed by atoms with van der Waals surface area (Å²) >= 11 is 5.15. The smallest absolute Gasteiger partial charge is 0.216 e. The summed E-state index contributed by atoms with van der Waals surface area (Å²) in [6.07, 6.45) is 1.70. The van der Waals surface area contributed by atoms with E-state index in [1.54, 1.807) is 18.0 Å². The Balaban J connectivity index is 1.71. The fraction of sp³-hybridized carbons (Fsp3) is 0.318. The first-order chi connectivity index (χ1) is 13.8. The van der Waals surface area contributed by atoms with Gasteiger partial charge in [-0.15, -0.1) is 0 Å². The molecule has 0 saturated heterocycles. The molecule has 0 aliphatic heterocycles. The molecule has 0 aliphatic rings. The van der Waals surface area contributed by atoms with E-state index in [2.05, 4.69) is 60.3 Å². The van der Waals surface area contributed by atoms with Crippen molar-refractivity contribution in [2.75, 3.05) is 7.11 Å². The number of hydrogen-bond donors (Lipinski definition) is 1. The van der Waals surface area contributed by atoms with Gasteiger partial charge in [-0.05, 0) is 59.4 Å². The maximum atomic E-state index is 5.98. The third-order valence-electron chi connectivity index (χ3n) is 4.54. The van der Waals surface area contributed by atoms with Crippen molar-refractivity contribution in [3.63, 3.8) is 0 Å². The fourth-order valence-corrected chi connectivity index (χ4v) is 3.00. The monoisotopic (exact) mass is 410 g/mol. The van der Waals surface area contributed by atoms with Gasteiger partial charge in [0.05, 0.1) is 13.3 Å². The van der Waals surface area contributed by atoms with Gasteiger partial charge < -0.3 is 9.47 Å². The third kappa shape index (κ3) is 5.12. The Morgan fingerprint density at radius 3 is 2.45 bits per heavy atom. The van der Waals surface area contributed by atoms with Gasteiger partial charge >= 0.3 is 0 Å². The van der Waals surface area contributed by atoms with Crippen molar-refractivity contribution in [3.8, 4) is 11.5 Å². The zero-order valence-electron chi connectivity index (χ0n) is 17.4. The summed E-state index contributed by atoms with van der Waals surface area (Å²) < 4.78 is 13.5. The van der Waals surface area contributed by atoms with Gasteiger partial charge in [-0.3, -0.25) is 5.10 Å². The fourth-order valence-electron chi connectivity index (χ4n) is 2.78. The largest absolute Gasteiger partial charge is 0.493 e. The second-order valence-corrected chi connectivity index (χ2v) is 8.16. The number of H-pyrrole nitrogens is 1. The molecule has 2 aromatic carbocycles. The first-order valence-corrected chi connectivity index (χ1v) is 9.77. The predicted molar refractivity (Wildman–Crippen MR) is 118 cm³/mol. The quantitative estimate of drug-likeness (QED) is 0.458. The molecule has 152 valence electrons. The normalized spacial score (nSPS) is 11.8. The highest BCUT2D eigenvalue weighted by Gasteiger charge is 2.13. The SMILES string of the molecule is COc1cc(/C=N/n2c(C)n[nH]c2=S)ccc1OCc1ccc(C(C)(C)C)cc1. The second kappa shape index (κ2) is 8.61. The van der Waals surface area contributed by atoms with E-state index in [0.29, 0.717) is 28.7 Å². The molecule has 0 fully saturated rings. The molecule has 1 N–H and O–H groups in total. The molecule has 0 aliphatic carbocycles. The van der Waals surface area contributed by atoms with Crippen LogP contribution in [0.4, 0.5) is 0 Å². The molecular formula is C22H26N4O2S. The highest BCUT2D eigenvalue weighted by Crippen LogP contribution is 2.29. The predicted octanol–water partition coefficient (Wildman–Crippen LogP) is 5.02. The minimum absolute atomic E-state index is 0.138. The number of aromatic amines is 1. The van der Waals surface area contributed by atoms with Crippen LogP contribution in [0.3, 0.4) is 0 Å². The molecule has 0 amide bonds. The zero-order chi connectivity index (χ0) is 21.0. The molecule has 1 heterocycles. The van der Waals surface area contributed by atoms with Crippen molar-refractivity contribution in [1.29, 1.82) is 0 Å². The minimum atomic E-state index is 0.138. The standard InChI is InChI=1S/C22H26N4O2S/c1-15-24-25-21(29)26(15)23-13-17-8-11-19(20(12-17)27-5)28-14-16-6-9-18(10-7-16)22(2,3)4/h6-13H,14H2,1-5H3,(H,25,29)/b23-13+. The van der Waals surface area contributed by atoms with Crippen molar-refractivity contribution in [3.05, 3.63) is 69.8 Å². The van der Waals surface area contributed by atoms with E-state index in [1.807, 2.05) is 25.1 Å². The highest BCUT2D eigenvalue weighted by atomic mass is 32.1. The van der Waals surface area contributed by atoms with Gasteiger partial charge in [0.25, 0.3) is 0 Å². The third-order valence-corrected chi connectivity index (χ3v) is 4.80. The van der Waals surface area contributed by atoms with Gasteiger partial charge in [0.15, 0.2) is 11.5 Å². The van der Waals surface area contributed by atoms with Crippen LogP contribution in [0, 0.1) is 11.7 Å². The average molecular weight is 411 g/mol. The maximum absolute atomic E-state index is 5.98. The van der Waals surface area contributed by atoms with Crippen molar-refractivity contribution >= 4 is 18.4 Å². The Labute approximate surface area is 176 Å². The molecule has 0 unspecified atom stereocenters. The first-order valence-electron chi connectivity index (χ1n) is 9.36. The second-order valence-electron chi connectivity index (χ2n) is 7.78. The number of methoxy groups -OCH3 is 1. The van der Waals surface area contributed by atoms with E-state index in [0.717, 1.165) is 11.1 Å². The van der Waals surface area contributed by atoms with Gasteiger partial charge in [0.2, 0.25) is 4.77 Å². The molecule has 3 rings (SSSR count). The lowest BCUT2D eigenvalue weighted by Gasteiger charge is -2.19. The lowest BCUT2D eigenvalue weighted by molar-refractivity contribution is 0.284. The van der Waals surface area contributed by atoms with E-state index in [4.69, 9.17) is 21.7 Å². The van der Waals surface area contributed by atoms with Crippen LogP contribution in [0.2, 0.25) is 0 Å². The molecule has 0 bridgehead atoms. The lowest BCUT2D eigenvalue weighted by atomic mass is 9.87. The maximum Gasteiger partial charge on any atom is 0.216 e. The molecule has 0 saturated carbocycles. The number of ether oxygens (including phenoxy) is 2. The van der Waals surface area contributed by atoms with Crippen LogP contribution < -0.4 is 9.47 Å². The van der Waals surface area contributed by atoms with Gasteiger partial charge in [-0.1, -0.05) is 45.0 Å². The summed E-state index contributed by atoms with van der Waals surface area (Å²) in [6, 6.07) is 14.2. The summed E-state index contributed by atoms with van der Waals surface area (Å²) in [5.74, 6) is 2.02. The molecule has 7 heteroatoms. The number of nitrogens with one attached hydrogen (secondary N) is 1. The number of nitrogens with zero attached hydrogens (tertiary/aromatic N) is 3. The molecule has 3 aromatic rings. The Hall–Kier alpha value is -2.93. The van der Waals surface area contributed by atoms with Crippen LogP contribution in [0.5, 0.6) is 11.5 Å². The van der Waals surface area contributed by atoms with Crippen LogP contribution >= 0.6 is 12.2 Å². The molecule has 29 heavy (non-hydrogen) atoms. The van der Waals surface area contributed by atoms with Crippen molar-refractivity contribution in [2.45, 2.75) is 39.7 Å². The molecule has 1 aromatic heterocycles. The van der Waals surface area contributed by atoms with Gasteiger partial charge in [-0.25, -0.2) is 0 Å². The summed E-state index contributed by atoms with van der Waals surface area (Å²) in [6.45, 7) is 8.91. The van der Waals surface area contributed by atoms with Gasteiger partial charge in [0, 0.05) is 0 Å². The summed E-state index contributed by atoms with van der Waals surface area (Å²) in [4.78, 5) is 0. The Kier molecular flexibility index (Phi) is 6.17. The topological polar surface area (TPSA) is 64.4 Å². The summed E-state index contributed by atoms with van der Waals surface area (Å²) in [7, 11) is 1.62. The van der Waals surface area contributed by atoms with E-state index in [1.165, 1.54) is 5.56 Å². The lowest BCUT2D eigenvalue weighted by Crippen LogP contribution is -2.10. The summed E-state index contributed by atoms with van der Waals surface area (Å²) in [5, 5.41) is 11.1. The highest BCUT2D eigenvalue weighted by molar-refractivity contribution is 7.71. The Morgan fingerprint density at radius 2 is 1.86 bits per heavy atom. The number of rotatable bonds is 6. The molecule has 6 nitrogen and oxygen atoms in total. The van der Waals surface area contributed by atoms with E-state index in [9.17, 15) is 0 Å². The number of aryl methyl sites for hydroxylation is 1. The van der Waals surface area contributed by atoms with Gasteiger partial charge in [-0.2, -0.15) is 14.9 Å².